The number of benzene rings is 2. The van der Waals surface area contributed by atoms with E-state index in [1.165, 1.54) is 12.1 Å². The van der Waals surface area contributed by atoms with Crippen LogP contribution in [0.5, 0.6) is 5.75 Å². The summed E-state index contributed by atoms with van der Waals surface area (Å²) in [5.41, 5.74) is 6.17. The first-order chi connectivity index (χ1) is 9.50. The van der Waals surface area contributed by atoms with Gasteiger partial charge in [-0.05, 0) is 37.1 Å². The van der Waals surface area contributed by atoms with Gasteiger partial charge in [0.2, 0.25) is 0 Å². The number of halogens is 3. The van der Waals surface area contributed by atoms with Gasteiger partial charge in [0.05, 0.1) is 0 Å². The summed E-state index contributed by atoms with van der Waals surface area (Å²) in [5, 5.41) is 1.10. The van der Waals surface area contributed by atoms with E-state index >= 15 is 0 Å². The van der Waals surface area contributed by atoms with Gasteiger partial charge in [0, 0.05) is 27.4 Å². The lowest BCUT2D eigenvalue weighted by Crippen LogP contribution is -2.17. The molecule has 2 aromatic carbocycles. The smallest absolute Gasteiger partial charge is 0.167 e. The summed E-state index contributed by atoms with van der Waals surface area (Å²) in [7, 11) is 0. The highest BCUT2D eigenvalue weighted by Crippen LogP contribution is 2.52. The molecule has 0 saturated heterocycles. The Hall–Kier alpha value is -1.45. The monoisotopic (exact) mass is 311 g/mol. The van der Waals surface area contributed by atoms with Gasteiger partial charge in [-0.1, -0.05) is 29.3 Å². The first-order valence-corrected chi connectivity index (χ1v) is 6.95. The third-order valence-electron chi connectivity index (χ3n) is 3.39. The molecule has 1 aliphatic carbocycles. The molecule has 0 aliphatic heterocycles. The van der Waals surface area contributed by atoms with Gasteiger partial charge in [-0.15, -0.1) is 0 Å². The molecule has 3 rings (SSSR count). The molecule has 1 fully saturated rings. The summed E-state index contributed by atoms with van der Waals surface area (Å²) in [6.07, 6.45) is 1.58. The van der Waals surface area contributed by atoms with Crippen LogP contribution >= 0.6 is 23.2 Å². The van der Waals surface area contributed by atoms with Crippen LogP contribution in [0.2, 0.25) is 10.0 Å². The average molecular weight is 312 g/mol. The predicted octanol–water partition coefficient (Wildman–Crippen LogP) is 4.78. The number of nitrogen functional groups attached to an aromatic ring is 1. The fraction of sp³-hybridized carbons (Fsp3) is 0.200. The highest BCUT2D eigenvalue weighted by molar-refractivity contribution is 6.35. The molecular weight excluding hydrogens is 300 g/mol. The molecule has 0 spiro atoms. The van der Waals surface area contributed by atoms with Crippen LogP contribution in [0.25, 0.3) is 0 Å². The van der Waals surface area contributed by atoms with Gasteiger partial charge in [0.25, 0.3) is 0 Å². The molecule has 2 nitrogen and oxygen atoms in total. The van der Waals surface area contributed by atoms with E-state index in [0.29, 0.717) is 15.7 Å². The van der Waals surface area contributed by atoms with Gasteiger partial charge in [0.15, 0.2) is 11.6 Å². The van der Waals surface area contributed by atoms with Gasteiger partial charge in [-0.25, -0.2) is 4.39 Å². The predicted molar refractivity (Wildman–Crippen MR) is 78.8 cm³/mol. The zero-order valence-electron chi connectivity index (χ0n) is 10.5. The first kappa shape index (κ1) is 13.5. The molecule has 0 bridgehead atoms. The van der Waals surface area contributed by atoms with Crippen LogP contribution in [0, 0.1) is 5.82 Å². The molecular formula is C15H12Cl2FNO. The Labute approximate surface area is 126 Å². The van der Waals surface area contributed by atoms with Crippen LogP contribution in [0.4, 0.5) is 10.1 Å². The molecule has 0 unspecified atom stereocenters. The quantitative estimate of drug-likeness (QED) is 0.828. The molecule has 2 aromatic rings. The molecule has 20 heavy (non-hydrogen) atoms. The Morgan fingerprint density at radius 1 is 1.10 bits per heavy atom. The second-order valence-electron chi connectivity index (χ2n) is 4.91. The fourth-order valence-electron chi connectivity index (χ4n) is 2.21. The third-order valence-corrected chi connectivity index (χ3v) is 3.94. The minimum Gasteiger partial charge on any atom is -0.479 e. The highest BCUT2D eigenvalue weighted by Gasteiger charge is 2.49. The lowest BCUT2D eigenvalue weighted by atomic mass is 10.1. The standard InChI is InChI=1S/C15H12Cl2FNO/c16-9-1-3-11(12(17)7-9)15(5-6-15)20-14-4-2-10(19)8-13(14)18/h1-4,7-8H,5-6,19H2. The van der Waals surface area contributed by atoms with Crippen molar-refractivity contribution in [3.05, 3.63) is 57.8 Å². The van der Waals surface area contributed by atoms with Crippen molar-refractivity contribution in [2.24, 2.45) is 0 Å². The topological polar surface area (TPSA) is 35.2 Å². The maximum atomic E-state index is 13.8. The number of anilines is 1. The Bertz CT molecular complexity index is 671. The average Bonchev–Trinajstić information content (AvgIpc) is 3.13. The largest absolute Gasteiger partial charge is 0.479 e. The van der Waals surface area contributed by atoms with Gasteiger partial charge in [0.1, 0.15) is 5.60 Å². The SMILES string of the molecule is Nc1ccc(OC2(c3ccc(Cl)cc3Cl)CC2)c(F)c1. The van der Waals surface area contributed by atoms with Crippen molar-refractivity contribution < 1.29 is 9.13 Å². The zero-order valence-corrected chi connectivity index (χ0v) is 12.0. The molecule has 104 valence electrons. The van der Waals surface area contributed by atoms with Crippen LogP contribution < -0.4 is 10.5 Å². The van der Waals surface area contributed by atoms with Crippen molar-refractivity contribution in [2.75, 3.05) is 5.73 Å². The van der Waals surface area contributed by atoms with Crippen LogP contribution in [-0.2, 0) is 5.60 Å². The van der Waals surface area contributed by atoms with E-state index in [-0.39, 0.29) is 5.75 Å². The van der Waals surface area contributed by atoms with Gasteiger partial charge in [-0.2, -0.15) is 0 Å². The van der Waals surface area contributed by atoms with Crippen molar-refractivity contribution in [3.63, 3.8) is 0 Å². The van der Waals surface area contributed by atoms with E-state index in [0.717, 1.165) is 18.4 Å². The molecule has 2 N–H and O–H groups in total. The number of rotatable bonds is 3. The lowest BCUT2D eigenvalue weighted by Gasteiger charge is -2.20. The minimum absolute atomic E-state index is 0.183. The number of ether oxygens (including phenoxy) is 1. The third kappa shape index (κ3) is 2.43. The minimum atomic E-state index is -0.557. The Morgan fingerprint density at radius 2 is 1.85 bits per heavy atom. The van der Waals surface area contributed by atoms with Gasteiger partial charge in [-0.3, -0.25) is 0 Å². The first-order valence-electron chi connectivity index (χ1n) is 6.20. The zero-order chi connectivity index (χ0) is 14.3. The second kappa shape index (κ2) is 4.83. The molecule has 0 radical (unpaired) electrons. The van der Waals surface area contributed by atoms with E-state index in [1.54, 1.807) is 18.2 Å². The summed E-state index contributed by atoms with van der Waals surface area (Å²) in [4.78, 5) is 0. The maximum absolute atomic E-state index is 13.8. The Morgan fingerprint density at radius 3 is 2.45 bits per heavy atom. The van der Waals surface area contributed by atoms with Crippen LogP contribution in [0.1, 0.15) is 18.4 Å². The van der Waals surface area contributed by atoms with E-state index in [1.807, 2.05) is 6.07 Å². The second-order valence-corrected chi connectivity index (χ2v) is 5.75. The molecule has 0 amide bonds. The maximum Gasteiger partial charge on any atom is 0.167 e. The van der Waals surface area contributed by atoms with Crippen molar-refractivity contribution >= 4 is 28.9 Å². The van der Waals surface area contributed by atoms with Gasteiger partial charge < -0.3 is 10.5 Å². The van der Waals surface area contributed by atoms with Crippen molar-refractivity contribution in [3.8, 4) is 5.75 Å². The van der Waals surface area contributed by atoms with E-state index in [9.17, 15) is 4.39 Å². The van der Waals surface area contributed by atoms with Gasteiger partial charge >= 0.3 is 0 Å². The highest BCUT2D eigenvalue weighted by atomic mass is 35.5. The number of nitrogens with two attached hydrogens (primary N) is 1. The molecule has 1 saturated carbocycles. The summed E-state index contributed by atoms with van der Waals surface area (Å²) in [6.45, 7) is 0. The fourth-order valence-corrected chi connectivity index (χ4v) is 2.79. The number of hydrogen-bond donors (Lipinski definition) is 1. The Kier molecular flexibility index (Phi) is 3.27. The van der Waals surface area contributed by atoms with E-state index in [4.69, 9.17) is 33.7 Å². The van der Waals surface area contributed by atoms with E-state index in [2.05, 4.69) is 0 Å². The summed E-state index contributed by atoms with van der Waals surface area (Å²) in [6, 6.07) is 9.64. The summed E-state index contributed by atoms with van der Waals surface area (Å²) >= 11 is 12.1. The van der Waals surface area contributed by atoms with Crippen molar-refractivity contribution in [2.45, 2.75) is 18.4 Å². The van der Waals surface area contributed by atoms with Crippen LogP contribution in [-0.4, -0.2) is 0 Å². The normalized spacial score (nSPS) is 15.9. The molecule has 1 aliphatic rings. The van der Waals surface area contributed by atoms with Crippen LogP contribution in [0.15, 0.2) is 36.4 Å². The number of hydrogen-bond acceptors (Lipinski definition) is 2. The van der Waals surface area contributed by atoms with Crippen LogP contribution in [0.3, 0.4) is 0 Å². The lowest BCUT2D eigenvalue weighted by molar-refractivity contribution is 0.172. The molecule has 0 heterocycles. The van der Waals surface area contributed by atoms with E-state index < -0.39 is 11.4 Å². The van der Waals surface area contributed by atoms with Crippen molar-refractivity contribution in [1.82, 2.24) is 0 Å². The molecule has 0 aromatic heterocycles. The molecule has 0 atom stereocenters. The van der Waals surface area contributed by atoms with Crippen molar-refractivity contribution in [1.29, 1.82) is 0 Å². The Balaban J connectivity index is 1.93. The summed E-state index contributed by atoms with van der Waals surface area (Å²) in [5.74, 6) is -0.288. The summed E-state index contributed by atoms with van der Waals surface area (Å²) < 4.78 is 19.7. The molecule has 5 heteroatoms.